The zero-order valence-electron chi connectivity index (χ0n) is 7.33. The normalized spacial score (nSPS) is 24.3. The van der Waals surface area contributed by atoms with Crippen LogP contribution in [0.2, 0.25) is 0 Å². The molecule has 0 spiro atoms. The van der Waals surface area contributed by atoms with Gasteiger partial charge < -0.3 is 9.47 Å². The Balaban J connectivity index is 2.22. The first-order chi connectivity index (χ1) is 6.70. The summed E-state index contributed by atoms with van der Waals surface area (Å²) in [4.78, 5) is 13.9. The van der Waals surface area contributed by atoms with Crippen molar-refractivity contribution in [3.63, 3.8) is 0 Å². The third-order valence-electron chi connectivity index (χ3n) is 2.93. The van der Waals surface area contributed by atoms with E-state index in [0.717, 1.165) is 34.2 Å². The van der Waals surface area contributed by atoms with Crippen LogP contribution in [0.3, 0.4) is 0 Å². The molecule has 0 aromatic carbocycles. The molecule has 0 saturated carbocycles. The summed E-state index contributed by atoms with van der Waals surface area (Å²) in [6.45, 7) is 0.898. The van der Waals surface area contributed by atoms with Crippen LogP contribution in [-0.2, 0) is 0 Å². The summed E-state index contributed by atoms with van der Waals surface area (Å²) < 4.78 is 4.03. The molecule has 3 nitrogen and oxygen atoms in total. The van der Waals surface area contributed by atoms with Crippen LogP contribution in [0.4, 0.5) is 0 Å². The summed E-state index contributed by atoms with van der Waals surface area (Å²) in [6.07, 6.45) is 2.43. The Bertz CT molecular complexity index is 427. The van der Waals surface area contributed by atoms with Gasteiger partial charge in [-0.3, -0.25) is 4.79 Å². The largest absolute Gasteiger partial charge is 0.316 e. The first kappa shape index (κ1) is 8.97. The lowest BCUT2D eigenvalue weighted by Gasteiger charge is -2.16. The minimum atomic E-state index is 0.166. The van der Waals surface area contributed by atoms with Gasteiger partial charge in [-0.15, -0.1) is 0 Å². The summed E-state index contributed by atoms with van der Waals surface area (Å²) >= 11 is 6.93. The van der Waals surface area contributed by atoms with E-state index >= 15 is 0 Å². The van der Waals surface area contributed by atoms with Gasteiger partial charge >= 0.3 is 0 Å². The standard InChI is InChI=1S/C9H8Br2N2O/c10-5-4-6-9(14)12-3-1-2-7(12)13(6)8(5)11/h4,7H,1-3H2. The van der Waals surface area contributed by atoms with Gasteiger partial charge in [0.05, 0.1) is 4.47 Å². The number of amides is 1. The molecule has 1 fully saturated rings. The highest BCUT2D eigenvalue weighted by atomic mass is 79.9. The molecule has 1 amide bonds. The Kier molecular flexibility index (Phi) is 1.83. The van der Waals surface area contributed by atoms with Crippen LogP contribution in [-0.4, -0.2) is 21.9 Å². The molecular weight excluding hydrogens is 312 g/mol. The van der Waals surface area contributed by atoms with E-state index < -0.39 is 0 Å². The van der Waals surface area contributed by atoms with Crippen molar-refractivity contribution >= 4 is 37.8 Å². The van der Waals surface area contributed by atoms with Gasteiger partial charge in [-0.2, -0.15) is 0 Å². The number of halogens is 2. The lowest BCUT2D eigenvalue weighted by Crippen LogP contribution is -2.23. The fourth-order valence-corrected chi connectivity index (χ4v) is 3.28. The van der Waals surface area contributed by atoms with Crippen LogP contribution >= 0.6 is 31.9 Å². The second kappa shape index (κ2) is 2.85. The number of aromatic nitrogens is 1. The van der Waals surface area contributed by atoms with E-state index in [-0.39, 0.29) is 12.1 Å². The topological polar surface area (TPSA) is 25.2 Å². The molecule has 1 unspecified atom stereocenters. The van der Waals surface area contributed by atoms with Gasteiger partial charge in [0.25, 0.3) is 5.91 Å². The summed E-state index contributed by atoms with van der Waals surface area (Å²) in [5, 5.41) is 0. The maximum absolute atomic E-state index is 11.9. The maximum Gasteiger partial charge on any atom is 0.272 e. The van der Waals surface area contributed by atoms with E-state index in [0.29, 0.717) is 0 Å². The molecular formula is C9H8Br2N2O. The molecule has 3 heterocycles. The molecule has 14 heavy (non-hydrogen) atoms. The third kappa shape index (κ3) is 0.945. The molecule has 74 valence electrons. The monoisotopic (exact) mass is 318 g/mol. The van der Waals surface area contributed by atoms with Crippen LogP contribution in [0.25, 0.3) is 0 Å². The molecule has 0 aliphatic carbocycles. The highest BCUT2D eigenvalue weighted by Crippen LogP contribution is 2.41. The predicted octanol–water partition coefficient (Wildman–Crippen LogP) is 2.76. The van der Waals surface area contributed by atoms with Crippen LogP contribution < -0.4 is 0 Å². The Labute approximate surface area is 98.3 Å². The summed E-state index contributed by atoms with van der Waals surface area (Å²) in [6, 6.07) is 1.89. The molecule has 1 aromatic rings. The van der Waals surface area contributed by atoms with Crippen molar-refractivity contribution < 1.29 is 4.79 Å². The zero-order valence-corrected chi connectivity index (χ0v) is 10.5. The number of hydrogen-bond acceptors (Lipinski definition) is 1. The van der Waals surface area contributed by atoms with Gasteiger partial charge in [0.15, 0.2) is 0 Å². The Hall–Kier alpha value is -0.290. The number of carbonyl (C=O) groups is 1. The van der Waals surface area contributed by atoms with Crippen molar-refractivity contribution in [2.24, 2.45) is 0 Å². The van der Waals surface area contributed by atoms with Gasteiger partial charge in [0.2, 0.25) is 0 Å². The number of rotatable bonds is 0. The highest BCUT2D eigenvalue weighted by Gasteiger charge is 2.41. The van der Waals surface area contributed by atoms with Crippen molar-refractivity contribution in [3.05, 3.63) is 20.8 Å². The molecule has 0 bridgehead atoms. The summed E-state index contributed by atoms with van der Waals surface area (Å²) in [5.74, 6) is 0.166. The van der Waals surface area contributed by atoms with E-state index in [4.69, 9.17) is 0 Å². The Morgan fingerprint density at radius 2 is 2.21 bits per heavy atom. The van der Waals surface area contributed by atoms with E-state index in [1.807, 2.05) is 11.0 Å². The Morgan fingerprint density at radius 1 is 1.43 bits per heavy atom. The van der Waals surface area contributed by atoms with Crippen molar-refractivity contribution in [1.82, 2.24) is 9.47 Å². The second-order valence-corrected chi connectivity index (χ2v) is 5.27. The van der Waals surface area contributed by atoms with Gasteiger partial charge in [0, 0.05) is 6.54 Å². The fourth-order valence-electron chi connectivity index (χ4n) is 2.33. The molecule has 2 aliphatic heterocycles. The van der Waals surface area contributed by atoms with Crippen molar-refractivity contribution in [1.29, 1.82) is 0 Å². The lowest BCUT2D eigenvalue weighted by atomic mass is 10.3. The van der Waals surface area contributed by atoms with Gasteiger partial charge in [-0.1, -0.05) is 0 Å². The molecule has 2 aliphatic rings. The molecule has 0 radical (unpaired) electrons. The van der Waals surface area contributed by atoms with Gasteiger partial charge in [-0.25, -0.2) is 0 Å². The van der Waals surface area contributed by atoms with Crippen molar-refractivity contribution in [3.8, 4) is 0 Å². The first-order valence-electron chi connectivity index (χ1n) is 4.57. The Morgan fingerprint density at radius 3 is 3.00 bits per heavy atom. The summed E-state index contributed by atoms with van der Waals surface area (Å²) in [5.41, 5.74) is 0.799. The third-order valence-corrected chi connectivity index (χ3v) is 4.88. The average molecular weight is 320 g/mol. The molecule has 0 N–H and O–H groups in total. The SMILES string of the molecule is O=C1c2cc(Br)c(Br)n2C2CCCN12. The second-order valence-electron chi connectivity index (χ2n) is 3.66. The number of hydrogen-bond donors (Lipinski definition) is 0. The van der Waals surface area contributed by atoms with Crippen LogP contribution in [0, 0.1) is 0 Å². The van der Waals surface area contributed by atoms with Crippen molar-refractivity contribution in [2.45, 2.75) is 19.0 Å². The fraction of sp³-hybridized carbons (Fsp3) is 0.444. The minimum Gasteiger partial charge on any atom is -0.316 e. The van der Waals surface area contributed by atoms with Crippen LogP contribution in [0.5, 0.6) is 0 Å². The highest BCUT2D eigenvalue weighted by molar-refractivity contribution is 9.13. The molecule has 3 rings (SSSR count). The molecule has 1 aromatic heterocycles. The van der Waals surface area contributed by atoms with E-state index in [9.17, 15) is 4.79 Å². The van der Waals surface area contributed by atoms with E-state index in [1.54, 1.807) is 0 Å². The smallest absolute Gasteiger partial charge is 0.272 e. The zero-order chi connectivity index (χ0) is 9.87. The van der Waals surface area contributed by atoms with Crippen LogP contribution in [0.15, 0.2) is 15.1 Å². The number of carbonyl (C=O) groups excluding carboxylic acids is 1. The first-order valence-corrected chi connectivity index (χ1v) is 6.16. The minimum absolute atomic E-state index is 0.166. The quantitative estimate of drug-likeness (QED) is 0.722. The van der Waals surface area contributed by atoms with E-state index in [1.165, 1.54) is 0 Å². The van der Waals surface area contributed by atoms with E-state index in [2.05, 4.69) is 36.4 Å². The van der Waals surface area contributed by atoms with Crippen molar-refractivity contribution in [2.75, 3.05) is 6.54 Å². The lowest BCUT2D eigenvalue weighted by molar-refractivity contribution is 0.0760. The molecule has 5 heteroatoms. The van der Waals surface area contributed by atoms with Crippen LogP contribution in [0.1, 0.15) is 29.5 Å². The maximum atomic E-state index is 11.9. The van der Waals surface area contributed by atoms with Gasteiger partial charge in [0.1, 0.15) is 16.5 Å². The molecule has 1 saturated heterocycles. The van der Waals surface area contributed by atoms with Gasteiger partial charge in [-0.05, 0) is 50.8 Å². The summed E-state index contributed by atoms with van der Waals surface area (Å²) in [7, 11) is 0. The predicted molar refractivity (Wildman–Crippen MR) is 59.1 cm³/mol. The average Bonchev–Trinajstić information content (AvgIpc) is 2.76. The number of fused-ring (bicyclic) bond motifs is 3. The molecule has 1 atom stereocenters. The number of nitrogens with zero attached hydrogens (tertiary/aromatic N) is 2.